The van der Waals surface area contributed by atoms with Crippen molar-refractivity contribution < 1.29 is 0 Å². The summed E-state index contributed by atoms with van der Waals surface area (Å²) in [6.07, 6.45) is 4.87. The third kappa shape index (κ3) is 3.08. The smallest absolute Gasteiger partial charge is 0.220 e. The number of hydrogen-bond acceptors (Lipinski definition) is 6. The van der Waals surface area contributed by atoms with E-state index in [0.717, 1.165) is 60.0 Å². The van der Waals surface area contributed by atoms with Crippen molar-refractivity contribution in [2.24, 2.45) is 21.5 Å². The first kappa shape index (κ1) is 20.5. The first-order chi connectivity index (χ1) is 16.6. The molecule has 0 bridgehead atoms. The Morgan fingerprint density at radius 2 is 1.53 bits per heavy atom. The van der Waals surface area contributed by atoms with Crippen LogP contribution in [0, 0.1) is 0 Å². The summed E-state index contributed by atoms with van der Waals surface area (Å²) in [4.78, 5) is 28.4. The average Bonchev–Trinajstić information content (AvgIpc) is 2.85. The molecular weight excluding hydrogens is 424 g/mol. The largest absolute Gasteiger partial charge is 0.369 e. The van der Waals surface area contributed by atoms with Gasteiger partial charge in [0, 0.05) is 16.3 Å². The van der Waals surface area contributed by atoms with Crippen LogP contribution in [0.4, 0.5) is 5.69 Å². The number of aliphatic imine (C=N–C) groups is 2. The molecule has 5 N–H and O–H groups in total. The zero-order chi connectivity index (χ0) is 23.3. The number of benzene rings is 3. The molecule has 1 aliphatic carbocycles. The highest BCUT2D eigenvalue weighted by Crippen LogP contribution is 2.41. The second-order valence-electron chi connectivity index (χ2n) is 9.07. The number of aromatic amines is 1. The number of anilines is 1. The normalized spacial score (nSPS) is 17.7. The van der Waals surface area contributed by atoms with Gasteiger partial charge in [-0.1, -0.05) is 55.0 Å². The first-order valence-electron chi connectivity index (χ1n) is 11.7. The van der Waals surface area contributed by atoms with Crippen molar-refractivity contribution >= 4 is 39.4 Å². The number of hydrogen-bond donors (Lipinski definition) is 3. The Morgan fingerprint density at radius 1 is 0.824 bits per heavy atom. The molecule has 0 saturated heterocycles. The number of aromatic nitrogens is 1. The quantitative estimate of drug-likeness (QED) is 0.391. The summed E-state index contributed by atoms with van der Waals surface area (Å²) in [7, 11) is 0. The fourth-order valence-corrected chi connectivity index (χ4v) is 5.52. The Balaban J connectivity index is 1.65. The summed E-state index contributed by atoms with van der Waals surface area (Å²) in [6, 6.07) is 21.6. The predicted octanol–water partition coefficient (Wildman–Crippen LogP) is 4.46. The minimum atomic E-state index is -0.590. The van der Waals surface area contributed by atoms with Crippen molar-refractivity contribution in [1.29, 1.82) is 0 Å². The summed E-state index contributed by atoms with van der Waals surface area (Å²) in [6.45, 7) is 0. The van der Waals surface area contributed by atoms with Gasteiger partial charge in [0.25, 0.3) is 0 Å². The molecule has 0 amide bonds. The zero-order valence-electron chi connectivity index (χ0n) is 18.8. The van der Waals surface area contributed by atoms with Crippen LogP contribution in [0.1, 0.15) is 32.1 Å². The Labute approximate surface area is 196 Å². The molecule has 2 heterocycles. The second-order valence-corrected chi connectivity index (χ2v) is 9.07. The SMILES string of the molecule is NC1=NC2(CCCCC2)N(c2cccc3c(=O)c4cccc(-c5ccccc5)c4[nH]c23)C(N)=N1. The molecule has 7 heteroatoms. The lowest BCUT2D eigenvalue weighted by Crippen LogP contribution is -2.58. The lowest BCUT2D eigenvalue weighted by Gasteiger charge is -2.45. The standard InChI is InChI=1S/C27H26N6O/c28-25-31-26(29)33(27(32-25)15-5-2-6-16-27)21-14-8-13-20-23(21)30-22-18(17-9-3-1-4-10-17)11-7-12-19(22)24(20)34/h1,3-4,7-14H,2,5-6,15-16H2,(H,30,34)(H4,28,29,31,32). The van der Waals surface area contributed by atoms with Crippen LogP contribution in [0.15, 0.2) is 81.5 Å². The molecule has 3 aromatic carbocycles. The molecule has 1 aromatic heterocycles. The first-order valence-corrected chi connectivity index (χ1v) is 11.7. The highest BCUT2D eigenvalue weighted by atomic mass is 16.1. The Morgan fingerprint density at radius 3 is 2.29 bits per heavy atom. The van der Waals surface area contributed by atoms with Crippen molar-refractivity contribution in [3.63, 3.8) is 0 Å². The molecule has 1 aliphatic heterocycles. The van der Waals surface area contributed by atoms with Gasteiger partial charge < -0.3 is 16.5 Å². The minimum Gasteiger partial charge on any atom is -0.369 e. The lowest BCUT2D eigenvalue weighted by molar-refractivity contribution is 0.306. The number of H-pyrrole nitrogens is 1. The number of fused-ring (bicyclic) bond motifs is 2. The summed E-state index contributed by atoms with van der Waals surface area (Å²) in [5.74, 6) is 0.514. The van der Waals surface area contributed by atoms with Crippen molar-refractivity contribution in [2.45, 2.75) is 37.8 Å². The van der Waals surface area contributed by atoms with Crippen LogP contribution in [0.25, 0.3) is 32.9 Å². The van der Waals surface area contributed by atoms with Gasteiger partial charge in [-0.25, -0.2) is 4.99 Å². The summed E-state index contributed by atoms with van der Waals surface area (Å²) in [5, 5.41) is 1.26. The minimum absolute atomic E-state index is 0.0170. The van der Waals surface area contributed by atoms with Gasteiger partial charge in [-0.05, 0) is 49.4 Å². The van der Waals surface area contributed by atoms with E-state index < -0.39 is 5.66 Å². The number of guanidine groups is 2. The molecule has 1 saturated carbocycles. The summed E-state index contributed by atoms with van der Waals surface area (Å²) >= 11 is 0. The third-order valence-corrected chi connectivity index (χ3v) is 7.02. The highest BCUT2D eigenvalue weighted by Gasteiger charge is 2.43. The molecule has 1 spiro atoms. The molecule has 34 heavy (non-hydrogen) atoms. The van der Waals surface area contributed by atoms with Crippen LogP contribution in [0.5, 0.6) is 0 Å². The molecule has 0 radical (unpaired) electrons. The van der Waals surface area contributed by atoms with Gasteiger partial charge in [-0.15, -0.1) is 0 Å². The van der Waals surface area contributed by atoms with E-state index >= 15 is 0 Å². The fraction of sp³-hybridized carbons (Fsp3) is 0.222. The molecule has 1 fully saturated rings. The van der Waals surface area contributed by atoms with Crippen LogP contribution in [-0.4, -0.2) is 22.6 Å². The third-order valence-electron chi connectivity index (χ3n) is 7.02. The monoisotopic (exact) mass is 450 g/mol. The van der Waals surface area contributed by atoms with Crippen LogP contribution in [-0.2, 0) is 0 Å². The molecular formula is C27H26N6O. The van der Waals surface area contributed by atoms with E-state index in [2.05, 4.69) is 9.98 Å². The molecule has 7 nitrogen and oxygen atoms in total. The van der Waals surface area contributed by atoms with Crippen LogP contribution >= 0.6 is 0 Å². The number of para-hydroxylation sites is 2. The topological polar surface area (TPSA) is 113 Å². The molecule has 4 aromatic rings. The van der Waals surface area contributed by atoms with Crippen molar-refractivity contribution in [2.75, 3.05) is 4.90 Å². The van der Waals surface area contributed by atoms with Crippen LogP contribution in [0.3, 0.4) is 0 Å². The molecule has 0 atom stereocenters. The van der Waals surface area contributed by atoms with Crippen molar-refractivity contribution in [1.82, 2.24) is 4.98 Å². The molecule has 0 unspecified atom stereocenters. The summed E-state index contributed by atoms with van der Waals surface area (Å²) < 4.78 is 0. The number of nitrogens with zero attached hydrogens (tertiary/aromatic N) is 3. The van der Waals surface area contributed by atoms with E-state index in [1.54, 1.807) is 0 Å². The van der Waals surface area contributed by atoms with E-state index in [1.807, 2.05) is 71.6 Å². The zero-order valence-corrected chi connectivity index (χ0v) is 18.8. The Hall–Kier alpha value is -4.13. The van der Waals surface area contributed by atoms with Gasteiger partial charge >= 0.3 is 0 Å². The second kappa shape index (κ2) is 7.73. The predicted molar refractivity (Wildman–Crippen MR) is 139 cm³/mol. The van der Waals surface area contributed by atoms with Gasteiger partial charge in [-0.3, -0.25) is 9.69 Å². The van der Waals surface area contributed by atoms with E-state index in [1.165, 1.54) is 0 Å². The maximum Gasteiger partial charge on any atom is 0.220 e. The van der Waals surface area contributed by atoms with Gasteiger partial charge in [0.15, 0.2) is 5.43 Å². The van der Waals surface area contributed by atoms with E-state index in [-0.39, 0.29) is 11.4 Å². The number of rotatable bonds is 2. The van der Waals surface area contributed by atoms with E-state index in [9.17, 15) is 4.79 Å². The average molecular weight is 451 g/mol. The lowest BCUT2D eigenvalue weighted by atomic mass is 9.87. The summed E-state index contributed by atoms with van der Waals surface area (Å²) in [5.41, 5.74) is 16.3. The van der Waals surface area contributed by atoms with Gasteiger partial charge in [-0.2, -0.15) is 4.99 Å². The Kier molecular flexibility index (Phi) is 4.65. The van der Waals surface area contributed by atoms with Gasteiger partial charge in [0.2, 0.25) is 11.9 Å². The fourth-order valence-electron chi connectivity index (χ4n) is 5.52. The van der Waals surface area contributed by atoms with Crippen LogP contribution < -0.4 is 21.8 Å². The van der Waals surface area contributed by atoms with Crippen molar-refractivity contribution in [3.8, 4) is 11.1 Å². The van der Waals surface area contributed by atoms with Crippen LogP contribution in [0.2, 0.25) is 0 Å². The molecule has 2 aliphatic rings. The molecule has 170 valence electrons. The van der Waals surface area contributed by atoms with Gasteiger partial charge in [0.1, 0.15) is 5.66 Å². The maximum atomic E-state index is 13.7. The maximum absolute atomic E-state index is 13.7. The van der Waals surface area contributed by atoms with Crippen molar-refractivity contribution in [3.05, 3.63) is 77.0 Å². The number of nitrogens with one attached hydrogen (secondary N) is 1. The van der Waals surface area contributed by atoms with E-state index in [4.69, 9.17) is 16.5 Å². The number of nitrogens with two attached hydrogens (primary N) is 2. The van der Waals surface area contributed by atoms with E-state index in [0.29, 0.717) is 16.7 Å². The highest BCUT2D eigenvalue weighted by molar-refractivity contribution is 6.11. The Bertz CT molecular complexity index is 1530. The molecule has 6 rings (SSSR count). The van der Waals surface area contributed by atoms with Gasteiger partial charge in [0.05, 0.1) is 16.7 Å². The number of pyridine rings is 1.